The highest BCUT2D eigenvalue weighted by atomic mass is 16.5. The van der Waals surface area contributed by atoms with Crippen molar-refractivity contribution in [1.82, 2.24) is 25.4 Å². The molecule has 0 aliphatic heterocycles. The van der Waals surface area contributed by atoms with E-state index in [-0.39, 0.29) is 6.04 Å². The second-order valence-corrected chi connectivity index (χ2v) is 6.78. The molecule has 0 aromatic carbocycles. The third-order valence-corrected chi connectivity index (χ3v) is 4.46. The van der Waals surface area contributed by atoms with Crippen molar-refractivity contribution in [1.29, 1.82) is 0 Å². The van der Waals surface area contributed by atoms with Gasteiger partial charge < -0.3 is 15.4 Å². The molecule has 3 rings (SSSR count). The molecule has 7 nitrogen and oxygen atoms in total. The number of pyridine rings is 1. The molecule has 1 atom stereocenters. The first-order valence-electron chi connectivity index (χ1n) is 9.16. The molecular formula is C19H27N5O2. The molecule has 0 spiro atoms. The van der Waals surface area contributed by atoms with E-state index in [2.05, 4.69) is 33.3 Å². The lowest BCUT2D eigenvalue weighted by molar-refractivity contribution is 0.170. The van der Waals surface area contributed by atoms with Crippen LogP contribution in [0.4, 0.5) is 4.79 Å². The summed E-state index contributed by atoms with van der Waals surface area (Å²) in [6, 6.07) is 8.97. The summed E-state index contributed by atoms with van der Waals surface area (Å²) >= 11 is 0. The van der Waals surface area contributed by atoms with Crippen molar-refractivity contribution in [3.63, 3.8) is 0 Å². The first kappa shape index (κ1) is 18.4. The average Bonchev–Trinajstić information content (AvgIpc) is 3.34. The van der Waals surface area contributed by atoms with Crippen LogP contribution in [0.2, 0.25) is 0 Å². The fraction of sp³-hybridized carbons (Fsp3) is 0.526. The molecule has 0 radical (unpaired) electrons. The topological polar surface area (TPSA) is 81.1 Å². The van der Waals surface area contributed by atoms with Gasteiger partial charge in [0, 0.05) is 30.9 Å². The summed E-state index contributed by atoms with van der Waals surface area (Å²) < 4.78 is 6.58. The number of alkyl carbamates (subject to hydrolysis) is 1. The van der Waals surface area contributed by atoms with Gasteiger partial charge >= 0.3 is 6.09 Å². The van der Waals surface area contributed by atoms with Crippen LogP contribution in [0.25, 0.3) is 11.4 Å². The van der Waals surface area contributed by atoms with Gasteiger partial charge in [0.05, 0.1) is 24.2 Å². The molecule has 1 aliphatic rings. The first-order valence-corrected chi connectivity index (χ1v) is 9.16. The number of nitrogens with one attached hydrogen (secondary N) is 2. The van der Waals surface area contributed by atoms with Gasteiger partial charge in [0.15, 0.2) is 0 Å². The number of carbonyl (C=O) groups is 1. The van der Waals surface area contributed by atoms with E-state index in [9.17, 15) is 4.79 Å². The number of hydrogen-bond donors (Lipinski definition) is 2. The number of hydrogen-bond acceptors (Lipinski definition) is 5. The summed E-state index contributed by atoms with van der Waals surface area (Å²) in [5.74, 6) is 0. The van der Waals surface area contributed by atoms with Crippen LogP contribution in [-0.2, 0) is 11.3 Å². The average molecular weight is 357 g/mol. The molecule has 1 saturated carbocycles. The van der Waals surface area contributed by atoms with Gasteiger partial charge in [-0.25, -0.2) is 4.79 Å². The molecule has 0 saturated heterocycles. The van der Waals surface area contributed by atoms with Gasteiger partial charge in [0.1, 0.15) is 0 Å². The van der Waals surface area contributed by atoms with E-state index in [0.29, 0.717) is 19.1 Å². The summed E-state index contributed by atoms with van der Waals surface area (Å²) in [6.45, 7) is 5.38. The predicted octanol–water partition coefficient (Wildman–Crippen LogP) is 2.81. The van der Waals surface area contributed by atoms with Crippen molar-refractivity contribution >= 4 is 6.09 Å². The SMILES string of the molecule is COC(=O)NCCCn1nc(C(C)NC2CC2)cc1-c1cccc(C)n1. The minimum absolute atomic E-state index is 0.209. The second kappa shape index (κ2) is 8.31. The molecule has 2 heterocycles. The third kappa shape index (κ3) is 4.82. The van der Waals surface area contributed by atoms with Crippen molar-refractivity contribution in [2.45, 2.75) is 51.7 Å². The van der Waals surface area contributed by atoms with Crippen LogP contribution < -0.4 is 10.6 Å². The maximum Gasteiger partial charge on any atom is 0.406 e. The lowest BCUT2D eigenvalue weighted by atomic mass is 10.2. The van der Waals surface area contributed by atoms with Gasteiger partial charge in [0.25, 0.3) is 0 Å². The van der Waals surface area contributed by atoms with E-state index < -0.39 is 6.09 Å². The largest absolute Gasteiger partial charge is 0.453 e. The zero-order valence-corrected chi connectivity index (χ0v) is 15.7. The standard InChI is InChI=1S/C19H27N5O2/c1-13-6-4-7-16(21-13)18-12-17(14(2)22-15-8-9-15)23-24(18)11-5-10-20-19(25)26-3/h4,6-7,12,14-15,22H,5,8-11H2,1-3H3,(H,20,25). The van der Waals surface area contributed by atoms with Gasteiger partial charge in [0.2, 0.25) is 0 Å². The minimum Gasteiger partial charge on any atom is -0.453 e. The molecule has 2 N–H and O–H groups in total. The molecule has 2 aromatic rings. The molecular weight excluding hydrogens is 330 g/mol. The molecule has 1 amide bonds. The van der Waals surface area contributed by atoms with E-state index in [1.165, 1.54) is 20.0 Å². The number of aryl methyl sites for hydroxylation is 2. The predicted molar refractivity (Wildman–Crippen MR) is 99.8 cm³/mol. The highest BCUT2D eigenvalue weighted by molar-refractivity contribution is 5.66. The van der Waals surface area contributed by atoms with Crippen molar-refractivity contribution < 1.29 is 9.53 Å². The van der Waals surface area contributed by atoms with E-state index >= 15 is 0 Å². The van der Waals surface area contributed by atoms with E-state index in [1.807, 2.05) is 29.8 Å². The number of ether oxygens (including phenoxy) is 1. The lowest BCUT2D eigenvalue weighted by Gasteiger charge is -2.10. The Bertz CT molecular complexity index is 754. The Morgan fingerprint density at radius 3 is 2.92 bits per heavy atom. The van der Waals surface area contributed by atoms with E-state index in [0.717, 1.165) is 29.2 Å². The Hall–Kier alpha value is -2.41. The van der Waals surface area contributed by atoms with Gasteiger partial charge in [-0.15, -0.1) is 0 Å². The van der Waals surface area contributed by atoms with E-state index in [1.54, 1.807) is 0 Å². The van der Waals surface area contributed by atoms with Gasteiger partial charge in [-0.2, -0.15) is 5.10 Å². The van der Waals surface area contributed by atoms with Crippen LogP contribution in [0, 0.1) is 6.92 Å². The molecule has 1 aliphatic carbocycles. The second-order valence-electron chi connectivity index (χ2n) is 6.78. The van der Waals surface area contributed by atoms with Crippen LogP contribution in [0.15, 0.2) is 24.3 Å². The summed E-state index contributed by atoms with van der Waals surface area (Å²) in [5.41, 5.74) is 3.93. The molecule has 0 bridgehead atoms. The number of carbonyl (C=O) groups excluding carboxylic acids is 1. The Labute approximate surface area is 154 Å². The molecule has 1 fully saturated rings. The summed E-state index contributed by atoms with van der Waals surface area (Å²) in [4.78, 5) is 15.8. The van der Waals surface area contributed by atoms with Gasteiger partial charge in [-0.1, -0.05) is 6.07 Å². The highest BCUT2D eigenvalue weighted by Crippen LogP contribution is 2.26. The normalized spacial score (nSPS) is 14.9. The summed E-state index contributed by atoms with van der Waals surface area (Å²) in [5, 5.41) is 11.1. The first-order chi connectivity index (χ1) is 12.6. The van der Waals surface area contributed by atoms with Crippen LogP contribution in [0.3, 0.4) is 0 Å². The van der Waals surface area contributed by atoms with Crippen molar-refractivity contribution in [3.05, 3.63) is 35.7 Å². The summed E-state index contributed by atoms with van der Waals surface area (Å²) in [7, 11) is 1.37. The lowest BCUT2D eigenvalue weighted by Crippen LogP contribution is -2.25. The molecule has 7 heteroatoms. The maximum atomic E-state index is 11.2. The van der Waals surface area contributed by atoms with Crippen LogP contribution >= 0.6 is 0 Å². The molecule has 26 heavy (non-hydrogen) atoms. The molecule has 2 aromatic heterocycles. The quantitative estimate of drug-likeness (QED) is 0.710. The van der Waals surface area contributed by atoms with Crippen LogP contribution in [-0.4, -0.2) is 40.6 Å². The smallest absolute Gasteiger partial charge is 0.406 e. The van der Waals surface area contributed by atoms with Crippen molar-refractivity contribution in [2.75, 3.05) is 13.7 Å². The summed E-state index contributed by atoms with van der Waals surface area (Å²) in [6.07, 6.45) is 2.85. The van der Waals surface area contributed by atoms with Gasteiger partial charge in [-0.3, -0.25) is 9.67 Å². The monoisotopic (exact) mass is 357 g/mol. The number of nitrogens with zero attached hydrogens (tertiary/aromatic N) is 3. The van der Waals surface area contributed by atoms with Gasteiger partial charge in [-0.05, 0) is 51.3 Å². The number of amides is 1. The van der Waals surface area contributed by atoms with Crippen LogP contribution in [0.1, 0.15) is 43.6 Å². The Morgan fingerprint density at radius 2 is 2.23 bits per heavy atom. The Balaban J connectivity index is 1.75. The van der Waals surface area contributed by atoms with Crippen LogP contribution in [0.5, 0.6) is 0 Å². The maximum absolute atomic E-state index is 11.2. The highest BCUT2D eigenvalue weighted by Gasteiger charge is 2.25. The van der Waals surface area contributed by atoms with Crippen molar-refractivity contribution in [2.24, 2.45) is 0 Å². The van der Waals surface area contributed by atoms with Crippen molar-refractivity contribution in [3.8, 4) is 11.4 Å². The molecule has 140 valence electrons. The number of methoxy groups -OCH3 is 1. The molecule has 1 unspecified atom stereocenters. The third-order valence-electron chi connectivity index (χ3n) is 4.46. The Morgan fingerprint density at radius 1 is 1.42 bits per heavy atom. The minimum atomic E-state index is -0.408. The zero-order chi connectivity index (χ0) is 18.5. The number of aromatic nitrogens is 3. The fourth-order valence-electron chi connectivity index (χ4n) is 2.89. The zero-order valence-electron chi connectivity index (χ0n) is 15.7. The van der Waals surface area contributed by atoms with E-state index in [4.69, 9.17) is 5.10 Å². The fourth-order valence-corrected chi connectivity index (χ4v) is 2.89. The Kier molecular flexibility index (Phi) is 5.88. The number of rotatable bonds is 8.